The average Bonchev–Trinajstić information content (AvgIpc) is 2.62. The first-order chi connectivity index (χ1) is 7.59. The highest BCUT2D eigenvalue weighted by Crippen LogP contribution is 2.15. The van der Waals surface area contributed by atoms with Crippen molar-refractivity contribution in [1.82, 2.24) is 14.6 Å². The molecule has 0 fully saturated rings. The molecule has 1 amide bonds. The second kappa shape index (κ2) is 3.90. The third-order valence-corrected chi connectivity index (χ3v) is 2.22. The lowest BCUT2D eigenvalue weighted by atomic mass is 10.4. The minimum atomic E-state index is -1.08. The zero-order chi connectivity index (χ0) is 11.7. The molecule has 2 heterocycles. The van der Waals surface area contributed by atoms with Crippen molar-refractivity contribution in [2.75, 3.05) is 5.32 Å². The van der Waals surface area contributed by atoms with Crippen LogP contribution in [-0.4, -0.2) is 25.7 Å². The van der Waals surface area contributed by atoms with Crippen LogP contribution in [-0.2, 0) is 9.59 Å². The number of nitrogens with zero attached hydrogens (tertiary/aromatic N) is 3. The van der Waals surface area contributed by atoms with E-state index in [1.165, 1.54) is 6.33 Å². The van der Waals surface area contributed by atoms with Crippen molar-refractivity contribution < 1.29 is 9.59 Å². The summed E-state index contributed by atoms with van der Waals surface area (Å²) in [6.07, 6.45) is 1.29. The van der Waals surface area contributed by atoms with Crippen LogP contribution in [0, 0.1) is 6.92 Å². The van der Waals surface area contributed by atoms with Crippen molar-refractivity contribution in [2.24, 2.45) is 0 Å². The first kappa shape index (κ1) is 10.6. The lowest BCUT2D eigenvalue weighted by Gasteiger charge is -2.03. The highest BCUT2D eigenvalue weighted by atomic mass is 35.5. The van der Waals surface area contributed by atoms with Crippen molar-refractivity contribution in [1.29, 1.82) is 0 Å². The van der Waals surface area contributed by atoms with Gasteiger partial charge in [0, 0.05) is 5.69 Å². The molecule has 0 radical (unpaired) electrons. The Labute approximate surface area is 95.2 Å². The van der Waals surface area contributed by atoms with Crippen molar-refractivity contribution in [3.8, 4) is 0 Å². The van der Waals surface area contributed by atoms with E-state index in [-0.39, 0.29) is 5.82 Å². The van der Waals surface area contributed by atoms with Crippen LogP contribution in [0.5, 0.6) is 0 Å². The van der Waals surface area contributed by atoms with E-state index in [9.17, 15) is 9.59 Å². The SMILES string of the molecule is Cc1ccc2c(NC(=O)C(=O)Cl)ncnn12. The molecule has 0 aliphatic rings. The number of anilines is 1. The van der Waals surface area contributed by atoms with Crippen LogP contribution < -0.4 is 5.32 Å². The smallest absolute Gasteiger partial charge is 0.301 e. The fraction of sp³-hybridized carbons (Fsp3) is 0.111. The van der Waals surface area contributed by atoms with Gasteiger partial charge in [0.25, 0.3) is 0 Å². The highest BCUT2D eigenvalue weighted by Gasteiger charge is 2.13. The second-order valence-corrected chi connectivity index (χ2v) is 3.45. The summed E-state index contributed by atoms with van der Waals surface area (Å²) in [5, 5.41) is 5.21. The second-order valence-electron chi connectivity index (χ2n) is 3.11. The largest absolute Gasteiger partial charge is 0.310 e. The highest BCUT2D eigenvalue weighted by molar-refractivity contribution is 6.82. The summed E-state index contributed by atoms with van der Waals surface area (Å²) in [6, 6.07) is 3.56. The third kappa shape index (κ3) is 1.74. The molecular weight excluding hydrogens is 232 g/mol. The van der Waals surface area contributed by atoms with Gasteiger partial charge < -0.3 is 5.32 Å². The number of aromatic nitrogens is 3. The van der Waals surface area contributed by atoms with Gasteiger partial charge in [-0.1, -0.05) is 0 Å². The van der Waals surface area contributed by atoms with Gasteiger partial charge in [0.05, 0.1) is 0 Å². The number of nitrogens with one attached hydrogen (secondary N) is 1. The lowest BCUT2D eigenvalue weighted by molar-refractivity contribution is -0.130. The molecule has 0 spiro atoms. The predicted octanol–water partition coefficient (Wildman–Crippen LogP) is 0.742. The Kier molecular flexibility index (Phi) is 2.57. The summed E-state index contributed by atoms with van der Waals surface area (Å²) in [5.74, 6) is -0.664. The average molecular weight is 239 g/mol. The van der Waals surface area contributed by atoms with E-state index in [0.29, 0.717) is 5.52 Å². The molecule has 1 N–H and O–H groups in total. The molecule has 82 valence electrons. The van der Waals surface area contributed by atoms with Crippen molar-refractivity contribution in [2.45, 2.75) is 6.92 Å². The number of hydrogen-bond donors (Lipinski definition) is 1. The molecule has 0 atom stereocenters. The van der Waals surface area contributed by atoms with Gasteiger partial charge in [0.2, 0.25) is 0 Å². The van der Waals surface area contributed by atoms with Crippen molar-refractivity contribution >= 4 is 34.1 Å². The molecule has 16 heavy (non-hydrogen) atoms. The summed E-state index contributed by atoms with van der Waals surface area (Å²) in [5.41, 5.74) is 1.50. The summed E-state index contributed by atoms with van der Waals surface area (Å²) in [6.45, 7) is 1.86. The fourth-order valence-electron chi connectivity index (χ4n) is 1.32. The standard InChI is InChI=1S/C9H7ClN4O2/c1-5-2-3-6-8(11-4-12-14(5)6)13-9(16)7(10)15/h2-4H,1H3,(H,11,12,13,16). The van der Waals surface area contributed by atoms with Crippen LogP contribution in [0.1, 0.15) is 5.69 Å². The van der Waals surface area contributed by atoms with Crippen molar-refractivity contribution in [3.05, 3.63) is 24.2 Å². The number of hydrogen-bond acceptors (Lipinski definition) is 4. The van der Waals surface area contributed by atoms with Crippen LogP contribution in [0.2, 0.25) is 0 Å². The molecule has 2 aromatic heterocycles. The van der Waals surface area contributed by atoms with Crippen molar-refractivity contribution in [3.63, 3.8) is 0 Å². The fourth-order valence-corrected chi connectivity index (χ4v) is 1.36. The number of fused-ring (bicyclic) bond motifs is 1. The molecule has 0 aliphatic heterocycles. The van der Waals surface area contributed by atoms with Gasteiger partial charge in [-0.2, -0.15) is 5.10 Å². The summed E-state index contributed by atoms with van der Waals surface area (Å²) in [4.78, 5) is 25.6. The minimum Gasteiger partial charge on any atom is -0.301 e. The number of carbonyl (C=O) groups is 2. The molecular formula is C9H7ClN4O2. The van der Waals surface area contributed by atoms with Gasteiger partial charge in [-0.3, -0.25) is 9.59 Å². The van der Waals surface area contributed by atoms with Gasteiger partial charge in [-0.05, 0) is 30.7 Å². The molecule has 0 saturated heterocycles. The lowest BCUT2D eigenvalue weighted by Crippen LogP contribution is -2.19. The van der Waals surface area contributed by atoms with Crippen LogP contribution in [0.3, 0.4) is 0 Å². The topological polar surface area (TPSA) is 76.4 Å². The monoisotopic (exact) mass is 238 g/mol. The van der Waals surface area contributed by atoms with Crippen LogP contribution in [0.15, 0.2) is 18.5 Å². The number of halogens is 1. The Morgan fingerprint density at radius 1 is 1.44 bits per heavy atom. The van der Waals surface area contributed by atoms with Crippen LogP contribution in [0.4, 0.5) is 5.82 Å². The Bertz CT molecular complexity index is 578. The van der Waals surface area contributed by atoms with Gasteiger partial charge in [0.15, 0.2) is 5.82 Å². The van der Waals surface area contributed by atoms with E-state index < -0.39 is 11.1 Å². The Morgan fingerprint density at radius 2 is 2.19 bits per heavy atom. The maximum Gasteiger partial charge on any atom is 0.310 e. The van der Waals surface area contributed by atoms with Crippen LogP contribution >= 0.6 is 11.6 Å². The van der Waals surface area contributed by atoms with Gasteiger partial charge in [-0.15, -0.1) is 0 Å². The third-order valence-electron chi connectivity index (χ3n) is 2.05. The van der Waals surface area contributed by atoms with E-state index in [0.717, 1.165) is 5.69 Å². The summed E-state index contributed by atoms with van der Waals surface area (Å²) >= 11 is 5.03. The molecule has 0 saturated carbocycles. The molecule has 2 rings (SSSR count). The van der Waals surface area contributed by atoms with Crippen LogP contribution in [0.25, 0.3) is 5.52 Å². The predicted molar refractivity (Wildman–Crippen MR) is 57.2 cm³/mol. The van der Waals surface area contributed by atoms with E-state index in [1.54, 1.807) is 10.6 Å². The number of amides is 1. The molecule has 7 heteroatoms. The first-order valence-electron chi connectivity index (χ1n) is 4.40. The summed E-state index contributed by atoms with van der Waals surface area (Å²) < 4.78 is 1.60. The molecule has 6 nitrogen and oxygen atoms in total. The quantitative estimate of drug-likeness (QED) is 0.619. The number of carbonyl (C=O) groups excluding carboxylic acids is 2. The Morgan fingerprint density at radius 3 is 2.88 bits per heavy atom. The van der Waals surface area contributed by atoms with E-state index in [4.69, 9.17) is 11.6 Å². The molecule has 0 unspecified atom stereocenters. The molecule has 0 bridgehead atoms. The maximum absolute atomic E-state index is 11.1. The zero-order valence-electron chi connectivity index (χ0n) is 8.27. The molecule has 2 aromatic rings. The van der Waals surface area contributed by atoms with E-state index >= 15 is 0 Å². The Hall–Kier alpha value is -1.95. The number of rotatable bonds is 2. The molecule has 0 aromatic carbocycles. The van der Waals surface area contributed by atoms with Gasteiger partial charge in [-0.25, -0.2) is 9.50 Å². The first-order valence-corrected chi connectivity index (χ1v) is 4.77. The molecule has 0 aliphatic carbocycles. The maximum atomic E-state index is 11.1. The Balaban J connectivity index is 2.45. The van der Waals surface area contributed by atoms with E-state index in [1.807, 2.05) is 13.0 Å². The van der Waals surface area contributed by atoms with Gasteiger partial charge >= 0.3 is 11.1 Å². The normalized spacial score (nSPS) is 10.4. The minimum absolute atomic E-state index is 0.252. The summed E-state index contributed by atoms with van der Waals surface area (Å²) in [7, 11) is 0. The number of aryl methyl sites for hydroxylation is 1. The van der Waals surface area contributed by atoms with E-state index in [2.05, 4.69) is 15.4 Å². The zero-order valence-corrected chi connectivity index (χ0v) is 9.02. The van der Waals surface area contributed by atoms with Gasteiger partial charge in [0.1, 0.15) is 11.8 Å².